The van der Waals surface area contributed by atoms with Crippen LogP contribution in [-0.2, 0) is 6.54 Å². The fourth-order valence-corrected chi connectivity index (χ4v) is 4.26. The molecule has 0 atom stereocenters. The number of nitrogens with one attached hydrogen (secondary N) is 1. The first kappa shape index (κ1) is 21.3. The molecule has 0 saturated heterocycles. The van der Waals surface area contributed by atoms with Gasteiger partial charge in [-0.2, -0.15) is 0 Å². The predicted molar refractivity (Wildman–Crippen MR) is 120 cm³/mol. The first-order valence-corrected chi connectivity index (χ1v) is 10.2. The molecule has 0 aliphatic carbocycles. The van der Waals surface area contributed by atoms with Gasteiger partial charge in [-0.15, -0.1) is 0 Å². The molecule has 0 saturated carbocycles. The van der Waals surface area contributed by atoms with Crippen LogP contribution in [0.2, 0.25) is 0 Å². The van der Waals surface area contributed by atoms with Crippen LogP contribution in [0, 0.1) is 11.6 Å². The van der Waals surface area contributed by atoms with Crippen LogP contribution >= 0.6 is 0 Å². The summed E-state index contributed by atoms with van der Waals surface area (Å²) in [5.74, 6) is -3.03. The molecular formula is C25H16F2N2O5. The second-order valence-electron chi connectivity index (χ2n) is 7.81. The van der Waals surface area contributed by atoms with Crippen molar-refractivity contribution in [1.82, 2.24) is 9.55 Å². The number of carbonyl (C=O) groups is 2. The number of aromatic carboxylic acids is 1. The van der Waals surface area contributed by atoms with Crippen molar-refractivity contribution in [2.45, 2.75) is 13.5 Å². The zero-order chi connectivity index (χ0) is 24.1. The van der Waals surface area contributed by atoms with Crippen molar-refractivity contribution in [2.24, 2.45) is 0 Å². The highest BCUT2D eigenvalue weighted by Crippen LogP contribution is 2.40. The largest absolute Gasteiger partial charge is 0.477 e. The standard InChI is InChI=1S/C25H16F2N2O5/c1-12(30)13-4-5-17(26)14(9-13)11-29-19-10-18(27)15-6-8-34-23(15)21(19)20(22(29)25(32)33)16-3-2-7-28-24(16)31/h2-10H,11H2,1H3,(H,28,31)(H,32,33). The van der Waals surface area contributed by atoms with Gasteiger partial charge in [-0.25, -0.2) is 13.6 Å². The molecule has 170 valence electrons. The number of pyridine rings is 1. The normalized spacial score (nSPS) is 11.4. The summed E-state index contributed by atoms with van der Waals surface area (Å²) in [4.78, 5) is 39.5. The number of nitrogens with zero attached hydrogens (tertiary/aromatic N) is 1. The zero-order valence-corrected chi connectivity index (χ0v) is 17.7. The lowest BCUT2D eigenvalue weighted by atomic mass is 10.0. The van der Waals surface area contributed by atoms with Gasteiger partial charge in [-0.1, -0.05) is 0 Å². The molecule has 34 heavy (non-hydrogen) atoms. The smallest absolute Gasteiger partial charge is 0.353 e. The number of carbonyl (C=O) groups excluding carboxylic acids is 1. The Balaban J connectivity index is 1.92. The van der Waals surface area contributed by atoms with Crippen molar-refractivity contribution in [3.8, 4) is 11.1 Å². The number of hydrogen-bond donors (Lipinski definition) is 2. The lowest BCUT2D eigenvalue weighted by molar-refractivity contribution is 0.0686. The molecule has 0 bridgehead atoms. The van der Waals surface area contributed by atoms with E-state index in [9.17, 15) is 28.3 Å². The summed E-state index contributed by atoms with van der Waals surface area (Å²) >= 11 is 0. The lowest BCUT2D eigenvalue weighted by Crippen LogP contribution is -2.14. The first-order valence-electron chi connectivity index (χ1n) is 10.2. The fraction of sp³-hybridized carbons (Fsp3) is 0.0800. The van der Waals surface area contributed by atoms with Crippen LogP contribution in [0.3, 0.4) is 0 Å². The molecule has 5 aromatic rings. The molecule has 0 aliphatic rings. The molecule has 5 rings (SSSR count). The number of hydrogen-bond acceptors (Lipinski definition) is 4. The number of benzene rings is 2. The molecule has 2 N–H and O–H groups in total. The summed E-state index contributed by atoms with van der Waals surface area (Å²) in [6.07, 6.45) is 2.66. The number of carboxylic acid groups (broad SMARTS) is 1. The fourth-order valence-electron chi connectivity index (χ4n) is 4.26. The van der Waals surface area contributed by atoms with E-state index in [0.29, 0.717) is 0 Å². The van der Waals surface area contributed by atoms with Gasteiger partial charge in [-0.3, -0.25) is 9.59 Å². The Morgan fingerprint density at radius 2 is 1.91 bits per heavy atom. The van der Waals surface area contributed by atoms with Gasteiger partial charge in [0, 0.05) is 22.9 Å². The topological polar surface area (TPSA) is 105 Å². The summed E-state index contributed by atoms with van der Waals surface area (Å²) in [5.41, 5.74) is -0.417. The van der Waals surface area contributed by atoms with Crippen molar-refractivity contribution in [3.63, 3.8) is 0 Å². The monoisotopic (exact) mass is 462 g/mol. The van der Waals surface area contributed by atoms with Crippen molar-refractivity contribution < 1.29 is 27.9 Å². The van der Waals surface area contributed by atoms with Crippen LogP contribution in [0.1, 0.15) is 33.3 Å². The van der Waals surface area contributed by atoms with Gasteiger partial charge in [0.15, 0.2) is 5.78 Å². The second-order valence-corrected chi connectivity index (χ2v) is 7.81. The van der Waals surface area contributed by atoms with Crippen LogP contribution in [0.15, 0.2) is 64.1 Å². The van der Waals surface area contributed by atoms with Crippen molar-refractivity contribution in [1.29, 1.82) is 0 Å². The van der Waals surface area contributed by atoms with Crippen LogP contribution in [-0.4, -0.2) is 26.4 Å². The van der Waals surface area contributed by atoms with E-state index in [-0.39, 0.29) is 62.1 Å². The van der Waals surface area contributed by atoms with Crippen LogP contribution < -0.4 is 5.56 Å². The number of aromatic nitrogens is 2. The van der Waals surface area contributed by atoms with Crippen molar-refractivity contribution >= 4 is 33.6 Å². The third-order valence-electron chi connectivity index (χ3n) is 5.79. The molecule has 3 heterocycles. The van der Waals surface area contributed by atoms with Gasteiger partial charge in [0.1, 0.15) is 22.9 Å². The van der Waals surface area contributed by atoms with Crippen LogP contribution in [0.25, 0.3) is 33.0 Å². The maximum absolute atomic E-state index is 14.9. The number of carboxylic acids is 1. The van der Waals surface area contributed by atoms with Crippen molar-refractivity contribution in [3.05, 3.63) is 93.7 Å². The number of H-pyrrole nitrogens is 1. The molecule has 2 aromatic carbocycles. The van der Waals surface area contributed by atoms with Gasteiger partial charge < -0.3 is 19.1 Å². The summed E-state index contributed by atoms with van der Waals surface area (Å²) in [7, 11) is 0. The molecule has 3 aromatic heterocycles. The Morgan fingerprint density at radius 1 is 1.12 bits per heavy atom. The number of furan rings is 1. The van der Waals surface area contributed by atoms with Gasteiger partial charge >= 0.3 is 5.97 Å². The molecule has 7 nitrogen and oxygen atoms in total. The highest BCUT2D eigenvalue weighted by molar-refractivity contribution is 6.17. The Bertz CT molecular complexity index is 1690. The van der Waals surface area contributed by atoms with E-state index < -0.39 is 23.2 Å². The van der Waals surface area contributed by atoms with Gasteiger partial charge in [0.05, 0.1) is 34.7 Å². The molecule has 0 spiro atoms. The Hall–Kier alpha value is -4.53. The number of ketones is 1. The summed E-state index contributed by atoms with van der Waals surface area (Å²) < 4.78 is 36.4. The van der Waals surface area contributed by atoms with Crippen LogP contribution in [0.5, 0.6) is 0 Å². The van der Waals surface area contributed by atoms with Gasteiger partial charge in [0.25, 0.3) is 5.56 Å². The van der Waals surface area contributed by atoms with E-state index in [4.69, 9.17) is 4.42 Å². The first-order chi connectivity index (χ1) is 16.3. The van der Waals surface area contributed by atoms with Crippen molar-refractivity contribution in [2.75, 3.05) is 0 Å². The Morgan fingerprint density at radius 3 is 2.62 bits per heavy atom. The number of rotatable bonds is 5. The minimum atomic E-state index is -1.40. The second kappa shape index (κ2) is 7.80. The quantitative estimate of drug-likeness (QED) is 0.359. The van der Waals surface area contributed by atoms with Crippen LogP contribution in [0.4, 0.5) is 8.78 Å². The van der Waals surface area contributed by atoms with E-state index in [1.165, 1.54) is 54.3 Å². The zero-order valence-electron chi connectivity index (χ0n) is 17.7. The summed E-state index contributed by atoms with van der Waals surface area (Å²) in [6.45, 7) is 0.995. The Kier molecular flexibility index (Phi) is 4.89. The molecule has 0 amide bonds. The Labute approximate surface area is 189 Å². The average Bonchev–Trinajstić information content (AvgIpc) is 3.39. The van der Waals surface area contributed by atoms with E-state index in [0.717, 1.165) is 12.1 Å². The molecule has 0 radical (unpaired) electrons. The average molecular weight is 462 g/mol. The van der Waals surface area contributed by atoms with Gasteiger partial charge in [0.2, 0.25) is 0 Å². The number of Topliss-reactive ketones (excluding diaryl/α,β-unsaturated/α-hetero) is 1. The van der Waals surface area contributed by atoms with E-state index in [1.54, 1.807) is 0 Å². The maximum Gasteiger partial charge on any atom is 0.353 e. The molecular weight excluding hydrogens is 446 g/mol. The molecule has 0 aliphatic heterocycles. The van der Waals surface area contributed by atoms with E-state index in [2.05, 4.69) is 4.98 Å². The number of fused-ring (bicyclic) bond motifs is 3. The highest BCUT2D eigenvalue weighted by atomic mass is 19.1. The van der Waals surface area contributed by atoms with Gasteiger partial charge in [-0.05, 0) is 49.4 Å². The predicted octanol–water partition coefficient (Wildman–Crippen LogP) is 4.97. The molecule has 0 fully saturated rings. The minimum Gasteiger partial charge on any atom is -0.477 e. The van der Waals surface area contributed by atoms with E-state index >= 15 is 0 Å². The van der Waals surface area contributed by atoms with E-state index in [1.807, 2.05) is 0 Å². The molecule has 9 heteroatoms. The summed E-state index contributed by atoms with van der Waals surface area (Å²) in [5, 5.41) is 10.5. The number of halogens is 2. The highest BCUT2D eigenvalue weighted by Gasteiger charge is 2.29. The number of aromatic amines is 1. The minimum absolute atomic E-state index is 0.0208. The lowest BCUT2D eigenvalue weighted by Gasteiger charge is -2.11. The third-order valence-corrected chi connectivity index (χ3v) is 5.79. The summed E-state index contributed by atoms with van der Waals surface area (Å²) in [6, 6.07) is 9.28. The molecule has 0 unspecified atom stereocenters. The maximum atomic E-state index is 14.9. The third kappa shape index (κ3) is 3.21. The SMILES string of the molecule is CC(=O)c1ccc(F)c(Cn2c(C(=O)O)c(-c3ccc[nH]c3=O)c3c4occc4c(F)cc32)c1.